The summed E-state index contributed by atoms with van der Waals surface area (Å²) in [5.41, 5.74) is 0.523. The number of rotatable bonds is 7. The van der Waals surface area contributed by atoms with Crippen LogP contribution >= 0.6 is 0 Å². The van der Waals surface area contributed by atoms with Crippen LogP contribution in [0.2, 0.25) is 0 Å². The molecular weight excluding hydrogens is 381 g/mol. The molecule has 0 aliphatic rings. The molecule has 1 atom stereocenters. The number of carbonyl (C=O) groups excluding carboxylic acids is 2. The van der Waals surface area contributed by atoms with Crippen molar-refractivity contribution in [2.75, 3.05) is 13.7 Å². The molecule has 0 fully saturated rings. The van der Waals surface area contributed by atoms with Gasteiger partial charge in [0, 0.05) is 5.56 Å². The second kappa shape index (κ2) is 8.96. The van der Waals surface area contributed by atoms with Gasteiger partial charge >= 0.3 is 5.97 Å². The summed E-state index contributed by atoms with van der Waals surface area (Å²) < 4.78 is 29.4. The molecule has 29 heavy (non-hydrogen) atoms. The van der Waals surface area contributed by atoms with E-state index in [1.807, 2.05) is 0 Å². The van der Waals surface area contributed by atoms with E-state index >= 15 is 0 Å². The lowest BCUT2D eigenvalue weighted by molar-refractivity contribution is -0.148. The van der Waals surface area contributed by atoms with Gasteiger partial charge in [0.05, 0.1) is 12.7 Å². The van der Waals surface area contributed by atoms with E-state index < -0.39 is 30.3 Å². The summed E-state index contributed by atoms with van der Waals surface area (Å²) in [4.78, 5) is 23.9. The van der Waals surface area contributed by atoms with E-state index in [1.165, 1.54) is 18.2 Å². The van der Waals surface area contributed by atoms with Gasteiger partial charge < -0.3 is 19.2 Å². The Morgan fingerprint density at radius 2 is 1.86 bits per heavy atom. The van der Waals surface area contributed by atoms with E-state index in [0.29, 0.717) is 11.3 Å². The molecule has 1 N–H and O–H groups in total. The van der Waals surface area contributed by atoms with E-state index in [2.05, 4.69) is 15.5 Å². The number of aromatic nitrogens is 2. The molecule has 0 saturated heterocycles. The predicted octanol–water partition coefficient (Wildman–Crippen LogP) is 2.92. The number of amides is 1. The Labute approximate surface area is 165 Å². The van der Waals surface area contributed by atoms with Crippen LogP contribution in [0.4, 0.5) is 4.39 Å². The molecule has 1 amide bonds. The first kappa shape index (κ1) is 20.0. The van der Waals surface area contributed by atoms with Gasteiger partial charge in [0.15, 0.2) is 6.10 Å². The Kier molecular flexibility index (Phi) is 6.18. The highest BCUT2D eigenvalue weighted by Gasteiger charge is 2.20. The maximum atomic E-state index is 13.6. The molecule has 9 heteroatoms. The van der Waals surface area contributed by atoms with E-state index in [-0.39, 0.29) is 17.3 Å². The van der Waals surface area contributed by atoms with Crippen molar-refractivity contribution in [2.45, 2.75) is 13.0 Å². The van der Waals surface area contributed by atoms with Crippen molar-refractivity contribution in [3.8, 4) is 17.2 Å². The summed E-state index contributed by atoms with van der Waals surface area (Å²) in [6.45, 7) is 1.12. The van der Waals surface area contributed by atoms with Crippen molar-refractivity contribution in [3.63, 3.8) is 0 Å². The van der Waals surface area contributed by atoms with Crippen molar-refractivity contribution in [1.29, 1.82) is 0 Å². The van der Waals surface area contributed by atoms with Crippen molar-refractivity contribution in [1.82, 2.24) is 15.5 Å². The van der Waals surface area contributed by atoms with E-state index in [1.54, 1.807) is 38.3 Å². The Bertz CT molecular complexity index is 1000. The summed E-state index contributed by atoms with van der Waals surface area (Å²) in [6, 6.07) is 12.5. The molecule has 3 aromatic rings. The second-order valence-corrected chi connectivity index (χ2v) is 5.97. The molecule has 0 aliphatic carbocycles. The zero-order valence-electron chi connectivity index (χ0n) is 15.7. The number of halogens is 1. The molecule has 1 heterocycles. The minimum atomic E-state index is -0.827. The van der Waals surface area contributed by atoms with Crippen LogP contribution < -0.4 is 10.1 Å². The standard InChI is InChI=1S/C20H18FN3O5/c1-12(19-23-24-20(29-19)13-7-9-14(27-2)10-8-13)28-17(25)11-22-18(26)15-5-3-4-6-16(15)21/h3-10,12H,11H2,1-2H3,(H,22,26)/t12-/m0/s1. The fourth-order valence-corrected chi connectivity index (χ4v) is 2.43. The minimum absolute atomic E-state index is 0.101. The molecule has 150 valence electrons. The molecule has 8 nitrogen and oxygen atoms in total. The molecule has 0 unspecified atom stereocenters. The van der Waals surface area contributed by atoms with Crippen molar-refractivity contribution < 1.29 is 27.9 Å². The number of hydrogen-bond acceptors (Lipinski definition) is 7. The molecule has 1 aromatic heterocycles. The SMILES string of the molecule is COc1ccc(-c2nnc([C@H](C)OC(=O)CNC(=O)c3ccccc3F)o2)cc1. The van der Waals surface area contributed by atoms with Gasteiger partial charge in [-0.2, -0.15) is 0 Å². The number of nitrogens with one attached hydrogen (secondary N) is 1. The van der Waals surface area contributed by atoms with Gasteiger partial charge in [-0.3, -0.25) is 9.59 Å². The van der Waals surface area contributed by atoms with Crippen LogP contribution in [0.15, 0.2) is 52.9 Å². The second-order valence-electron chi connectivity index (χ2n) is 5.97. The molecule has 0 aliphatic heterocycles. The first-order chi connectivity index (χ1) is 14.0. The maximum Gasteiger partial charge on any atom is 0.326 e. The van der Waals surface area contributed by atoms with Crippen molar-refractivity contribution in [2.24, 2.45) is 0 Å². The number of methoxy groups -OCH3 is 1. The lowest BCUT2D eigenvalue weighted by atomic mass is 10.2. The molecular formula is C20H18FN3O5. The third kappa shape index (κ3) is 4.95. The summed E-state index contributed by atoms with van der Waals surface area (Å²) >= 11 is 0. The summed E-state index contributed by atoms with van der Waals surface area (Å²) in [5.74, 6) is -1.07. The van der Waals surface area contributed by atoms with Crippen LogP contribution in [0.1, 0.15) is 29.3 Å². The highest BCUT2D eigenvalue weighted by atomic mass is 19.1. The maximum absolute atomic E-state index is 13.6. The average molecular weight is 399 g/mol. The fourth-order valence-electron chi connectivity index (χ4n) is 2.43. The van der Waals surface area contributed by atoms with Gasteiger partial charge in [-0.25, -0.2) is 4.39 Å². The van der Waals surface area contributed by atoms with Crippen molar-refractivity contribution >= 4 is 11.9 Å². The molecule has 3 rings (SSSR count). The number of nitrogens with zero attached hydrogens (tertiary/aromatic N) is 2. The van der Waals surface area contributed by atoms with Gasteiger partial charge in [0.2, 0.25) is 5.89 Å². The molecule has 0 spiro atoms. The number of esters is 1. The zero-order chi connectivity index (χ0) is 20.8. The van der Waals surface area contributed by atoms with Crippen LogP contribution in [0, 0.1) is 5.82 Å². The monoisotopic (exact) mass is 399 g/mol. The Balaban J connectivity index is 1.55. The lowest BCUT2D eigenvalue weighted by Crippen LogP contribution is -2.31. The normalized spacial score (nSPS) is 11.6. The van der Waals surface area contributed by atoms with Crippen LogP contribution in [0.5, 0.6) is 5.75 Å². The van der Waals surface area contributed by atoms with Gasteiger partial charge in [0.1, 0.15) is 18.1 Å². The fraction of sp³-hybridized carbons (Fsp3) is 0.200. The first-order valence-corrected chi connectivity index (χ1v) is 8.68. The third-order valence-corrected chi connectivity index (χ3v) is 3.95. The number of benzene rings is 2. The van der Waals surface area contributed by atoms with Gasteiger partial charge in [0.25, 0.3) is 11.8 Å². The summed E-state index contributed by atoms with van der Waals surface area (Å²) in [5, 5.41) is 10.1. The predicted molar refractivity (Wildman–Crippen MR) is 99.5 cm³/mol. The minimum Gasteiger partial charge on any atom is -0.497 e. The van der Waals surface area contributed by atoms with Crippen molar-refractivity contribution in [3.05, 3.63) is 65.8 Å². The van der Waals surface area contributed by atoms with Gasteiger partial charge in [-0.15, -0.1) is 10.2 Å². The van der Waals surface area contributed by atoms with Crippen LogP contribution in [0.25, 0.3) is 11.5 Å². The molecule has 0 bridgehead atoms. The molecule has 2 aromatic carbocycles. The topological polar surface area (TPSA) is 104 Å². The number of carbonyl (C=O) groups is 2. The van der Waals surface area contributed by atoms with Crippen LogP contribution in [0.3, 0.4) is 0 Å². The Morgan fingerprint density at radius 3 is 2.55 bits per heavy atom. The highest BCUT2D eigenvalue weighted by molar-refractivity contribution is 5.96. The molecule has 0 radical (unpaired) electrons. The number of ether oxygens (including phenoxy) is 2. The van der Waals surface area contributed by atoms with E-state index in [0.717, 1.165) is 6.07 Å². The summed E-state index contributed by atoms with van der Waals surface area (Å²) in [6.07, 6.45) is -0.827. The smallest absolute Gasteiger partial charge is 0.326 e. The highest BCUT2D eigenvalue weighted by Crippen LogP contribution is 2.24. The van der Waals surface area contributed by atoms with Crippen LogP contribution in [-0.4, -0.2) is 35.7 Å². The average Bonchev–Trinajstić information content (AvgIpc) is 3.23. The first-order valence-electron chi connectivity index (χ1n) is 8.68. The molecule has 0 saturated carbocycles. The lowest BCUT2D eigenvalue weighted by Gasteiger charge is -2.10. The third-order valence-electron chi connectivity index (χ3n) is 3.95. The Hall–Kier alpha value is -3.75. The largest absolute Gasteiger partial charge is 0.497 e. The quantitative estimate of drug-likeness (QED) is 0.609. The van der Waals surface area contributed by atoms with Crippen LogP contribution in [-0.2, 0) is 9.53 Å². The summed E-state index contributed by atoms with van der Waals surface area (Å²) in [7, 11) is 1.56. The zero-order valence-corrected chi connectivity index (χ0v) is 15.7. The van der Waals surface area contributed by atoms with E-state index in [9.17, 15) is 14.0 Å². The van der Waals surface area contributed by atoms with Gasteiger partial charge in [-0.05, 0) is 43.3 Å². The van der Waals surface area contributed by atoms with Gasteiger partial charge in [-0.1, -0.05) is 12.1 Å². The Morgan fingerprint density at radius 1 is 1.14 bits per heavy atom. The van der Waals surface area contributed by atoms with E-state index in [4.69, 9.17) is 13.9 Å². The number of hydrogen-bond donors (Lipinski definition) is 1.